The van der Waals surface area contributed by atoms with Gasteiger partial charge in [-0.05, 0) is 77.4 Å². The van der Waals surface area contributed by atoms with Gasteiger partial charge < -0.3 is 29.5 Å². The summed E-state index contributed by atoms with van der Waals surface area (Å²) in [6, 6.07) is 22.4. The molecule has 0 bridgehead atoms. The molecule has 4 rings (SSSR count). The Labute approximate surface area is 230 Å². The minimum absolute atomic E-state index is 0.932. The molecule has 0 radical (unpaired) electrons. The van der Waals surface area contributed by atoms with Crippen LogP contribution < -0.4 is 19.7 Å². The summed E-state index contributed by atoms with van der Waals surface area (Å²) < 4.78 is 8.97. The molecule has 0 atom stereocenters. The van der Waals surface area contributed by atoms with Gasteiger partial charge in [0.2, 0.25) is 5.36 Å². The molecule has 2 aromatic carbocycles. The van der Waals surface area contributed by atoms with Crippen molar-refractivity contribution in [3.63, 3.8) is 0 Å². The van der Waals surface area contributed by atoms with E-state index in [1.165, 1.54) is 27.9 Å². The van der Waals surface area contributed by atoms with Crippen LogP contribution in [0.2, 0.25) is 0 Å². The van der Waals surface area contributed by atoms with Gasteiger partial charge in [-0.25, -0.2) is 4.58 Å². The van der Waals surface area contributed by atoms with Gasteiger partial charge in [-0.2, -0.15) is 0 Å². The Morgan fingerprint density at radius 1 is 0.718 bits per heavy atom. The van der Waals surface area contributed by atoms with Crippen molar-refractivity contribution in [2.45, 2.75) is 41.5 Å². The van der Waals surface area contributed by atoms with E-state index in [-0.39, 0.29) is 0 Å². The number of fused-ring (bicyclic) bond motifs is 2. The summed E-state index contributed by atoms with van der Waals surface area (Å²) in [5, 5.41) is 17.1. The molecule has 0 saturated carbocycles. The van der Waals surface area contributed by atoms with Gasteiger partial charge >= 0.3 is 0 Å². The Kier molecular flexibility index (Phi) is 10.3. The molecular weight excluding hydrogens is 492 g/mol. The van der Waals surface area contributed by atoms with Gasteiger partial charge in [0.25, 0.3) is 0 Å². The molecule has 1 heterocycles. The number of rotatable bonds is 9. The van der Waals surface area contributed by atoms with Crippen LogP contribution in [-0.2, 0) is 0 Å². The average Bonchev–Trinajstić information content (AvgIpc) is 2.94. The molecule has 2 aromatic rings. The van der Waals surface area contributed by atoms with Crippen molar-refractivity contribution < 1.29 is 9.50 Å². The zero-order valence-corrected chi connectivity index (χ0v) is 23.9. The molecule has 208 valence electrons. The first kappa shape index (κ1) is 29.5. The van der Waals surface area contributed by atoms with Crippen LogP contribution in [0.5, 0.6) is 0 Å². The topological polar surface area (TPSA) is 88.8 Å². The SMILES string of the molecule is CCN(CC)c1ccc(-c2c3ccc(=[N+](CC)CC)cc-3oc3cc(N(CC)CC)ccc23)cc1.O=[N+]([O-])[O-]. The molecule has 0 unspecified atom stereocenters. The first-order valence-electron chi connectivity index (χ1n) is 13.8. The molecule has 1 aliphatic heterocycles. The van der Waals surface area contributed by atoms with Crippen LogP contribution in [0.15, 0.2) is 65.1 Å². The Morgan fingerprint density at radius 3 is 1.79 bits per heavy atom. The number of hydrogen-bond donors (Lipinski definition) is 0. The third-order valence-electron chi connectivity index (χ3n) is 7.23. The van der Waals surface area contributed by atoms with Crippen molar-refractivity contribution in [1.29, 1.82) is 0 Å². The lowest BCUT2D eigenvalue weighted by atomic mass is 9.93. The van der Waals surface area contributed by atoms with E-state index < -0.39 is 5.09 Å². The minimum Gasteiger partial charge on any atom is -0.456 e. The second-order valence-electron chi connectivity index (χ2n) is 9.13. The van der Waals surface area contributed by atoms with Crippen molar-refractivity contribution in [3.05, 3.63) is 81.3 Å². The number of hydrogen-bond acceptors (Lipinski definition) is 6. The van der Waals surface area contributed by atoms with E-state index in [1.54, 1.807) is 0 Å². The maximum absolute atomic E-state index is 8.25. The summed E-state index contributed by atoms with van der Waals surface area (Å²) in [7, 11) is 0. The Morgan fingerprint density at radius 2 is 1.26 bits per heavy atom. The van der Waals surface area contributed by atoms with Crippen LogP contribution in [0, 0.1) is 15.3 Å². The lowest BCUT2D eigenvalue weighted by Gasteiger charge is -2.23. The molecule has 8 nitrogen and oxygen atoms in total. The van der Waals surface area contributed by atoms with Crippen molar-refractivity contribution in [2.24, 2.45) is 0 Å². The standard InChI is InChI=1S/C31H40N3O.NO3/c1-7-32(8-2)24-15-13-23(14-16-24)31-27-19-17-25(33(9-3)10-4)21-29(27)35-30-22-26(18-20-28(30)31)34(11-5)12-6;2-1(3)4/h13-22H,7-12H2,1-6H3;/q+1;-1. The summed E-state index contributed by atoms with van der Waals surface area (Å²) in [4.78, 5) is 13.0. The van der Waals surface area contributed by atoms with E-state index in [1.807, 2.05) is 0 Å². The Balaban J connectivity index is 0.000000983. The molecule has 0 fully saturated rings. The highest BCUT2D eigenvalue weighted by Gasteiger charge is 2.19. The van der Waals surface area contributed by atoms with Crippen molar-refractivity contribution in [2.75, 3.05) is 49.1 Å². The van der Waals surface area contributed by atoms with Crippen LogP contribution in [0.25, 0.3) is 33.4 Å². The normalized spacial score (nSPS) is 10.7. The van der Waals surface area contributed by atoms with E-state index in [4.69, 9.17) is 19.7 Å². The highest BCUT2D eigenvalue weighted by atomic mass is 16.9. The molecule has 39 heavy (non-hydrogen) atoms. The number of anilines is 2. The van der Waals surface area contributed by atoms with Crippen molar-refractivity contribution >= 4 is 22.3 Å². The largest absolute Gasteiger partial charge is 0.456 e. The highest BCUT2D eigenvalue weighted by Crippen LogP contribution is 2.41. The maximum Gasteiger partial charge on any atom is 0.203 e. The highest BCUT2D eigenvalue weighted by molar-refractivity contribution is 6.02. The third-order valence-corrected chi connectivity index (χ3v) is 7.23. The predicted octanol–water partition coefficient (Wildman–Crippen LogP) is 6.47. The maximum atomic E-state index is 8.25. The minimum atomic E-state index is -1.75. The molecule has 2 aliphatic rings. The lowest BCUT2D eigenvalue weighted by molar-refractivity contribution is -0.402. The van der Waals surface area contributed by atoms with Crippen LogP contribution >= 0.6 is 0 Å². The van der Waals surface area contributed by atoms with Crippen LogP contribution in [0.1, 0.15) is 41.5 Å². The molecule has 0 spiro atoms. The van der Waals surface area contributed by atoms with Crippen LogP contribution in [0.4, 0.5) is 11.4 Å². The fraction of sp³-hybridized carbons (Fsp3) is 0.387. The third kappa shape index (κ3) is 6.69. The number of nitrogens with zero attached hydrogens (tertiary/aromatic N) is 4. The summed E-state index contributed by atoms with van der Waals surface area (Å²) in [6.07, 6.45) is 0. The summed E-state index contributed by atoms with van der Waals surface area (Å²) in [5.41, 5.74) is 7.01. The fourth-order valence-electron chi connectivity index (χ4n) is 5.18. The monoisotopic (exact) mass is 532 g/mol. The second-order valence-corrected chi connectivity index (χ2v) is 9.13. The van der Waals surface area contributed by atoms with Crippen molar-refractivity contribution in [1.82, 2.24) is 4.58 Å². The predicted molar refractivity (Wildman–Crippen MR) is 162 cm³/mol. The molecule has 0 saturated heterocycles. The van der Waals surface area contributed by atoms with Gasteiger partial charge in [0.15, 0.2) is 0 Å². The van der Waals surface area contributed by atoms with E-state index >= 15 is 0 Å². The van der Waals surface area contributed by atoms with Crippen molar-refractivity contribution in [3.8, 4) is 22.5 Å². The van der Waals surface area contributed by atoms with Crippen LogP contribution in [0.3, 0.4) is 0 Å². The average molecular weight is 533 g/mol. The second kappa shape index (κ2) is 13.6. The molecular formula is C31H40N4O4. The van der Waals surface area contributed by atoms with Crippen LogP contribution in [-0.4, -0.2) is 44.4 Å². The summed E-state index contributed by atoms with van der Waals surface area (Å²) >= 11 is 0. The molecule has 0 aromatic heterocycles. The van der Waals surface area contributed by atoms with E-state index in [0.29, 0.717) is 0 Å². The first-order chi connectivity index (χ1) is 18.8. The van der Waals surface area contributed by atoms with Gasteiger partial charge in [-0.1, -0.05) is 12.1 Å². The summed E-state index contributed by atoms with van der Waals surface area (Å²) in [5.74, 6) is 0.932. The zero-order valence-electron chi connectivity index (χ0n) is 23.9. The van der Waals surface area contributed by atoms with Gasteiger partial charge in [0.1, 0.15) is 24.4 Å². The van der Waals surface area contributed by atoms with E-state index in [0.717, 1.165) is 61.6 Å². The van der Waals surface area contributed by atoms with Gasteiger partial charge in [-0.15, -0.1) is 0 Å². The molecule has 0 N–H and O–H groups in total. The number of benzene rings is 3. The summed E-state index contributed by atoms with van der Waals surface area (Å²) in [6.45, 7) is 19.1. The van der Waals surface area contributed by atoms with Gasteiger partial charge in [-0.3, -0.25) is 0 Å². The molecule has 1 aliphatic carbocycles. The first-order valence-corrected chi connectivity index (χ1v) is 13.8. The lowest BCUT2D eigenvalue weighted by Crippen LogP contribution is -2.29. The Hall–Kier alpha value is -4.07. The quantitative estimate of drug-likeness (QED) is 0.106. The smallest absolute Gasteiger partial charge is 0.203 e. The van der Waals surface area contributed by atoms with E-state index in [2.05, 4.69) is 117 Å². The fourth-order valence-corrected chi connectivity index (χ4v) is 5.18. The van der Waals surface area contributed by atoms with Gasteiger partial charge in [0.05, 0.1) is 11.2 Å². The molecule has 8 heteroatoms. The molecule has 0 amide bonds. The van der Waals surface area contributed by atoms with E-state index in [9.17, 15) is 0 Å². The Bertz CT molecular complexity index is 1410. The zero-order chi connectivity index (χ0) is 28.5. The van der Waals surface area contributed by atoms with Gasteiger partial charge in [0, 0.05) is 66.2 Å².